The molecule has 0 bridgehead atoms. The van der Waals surface area contributed by atoms with Gasteiger partial charge in [-0.3, -0.25) is 5.43 Å². The number of nitrogen functional groups attached to an aromatic ring is 1. The minimum Gasteiger partial charge on any atom is -0.367 e. The molecule has 1 unspecified atom stereocenters. The standard InChI is InChI=1S/C14H19N5/c1-10-9-16-14(19-15)18-13(10)17-11(2)8-12-6-4-3-5-7-12/h3-7,9,11H,8,15H2,1-2H3,(H2,16,17,18,19). The molecule has 0 amide bonds. The number of aryl methyl sites for hydroxylation is 1. The first-order chi connectivity index (χ1) is 9.19. The largest absolute Gasteiger partial charge is 0.367 e. The highest BCUT2D eigenvalue weighted by molar-refractivity contribution is 5.46. The van der Waals surface area contributed by atoms with Crippen molar-refractivity contribution in [2.75, 3.05) is 10.7 Å². The minimum atomic E-state index is 0.279. The van der Waals surface area contributed by atoms with Crippen molar-refractivity contribution in [2.45, 2.75) is 26.3 Å². The number of aromatic nitrogens is 2. The fourth-order valence-corrected chi connectivity index (χ4v) is 1.91. The quantitative estimate of drug-likeness (QED) is 0.565. The van der Waals surface area contributed by atoms with Crippen LogP contribution in [0.15, 0.2) is 36.5 Å². The van der Waals surface area contributed by atoms with Gasteiger partial charge in [0, 0.05) is 17.8 Å². The maximum Gasteiger partial charge on any atom is 0.239 e. The molecule has 100 valence electrons. The summed E-state index contributed by atoms with van der Waals surface area (Å²) in [5.74, 6) is 6.55. The molecule has 5 heteroatoms. The highest BCUT2D eigenvalue weighted by atomic mass is 15.3. The molecule has 1 aromatic heterocycles. The van der Waals surface area contributed by atoms with E-state index in [0.717, 1.165) is 17.8 Å². The third-order valence-corrected chi connectivity index (χ3v) is 2.87. The average Bonchev–Trinajstić information content (AvgIpc) is 2.42. The molecule has 0 aliphatic heterocycles. The topological polar surface area (TPSA) is 75.9 Å². The highest BCUT2D eigenvalue weighted by Gasteiger charge is 2.08. The number of rotatable bonds is 5. The molecule has 1 atom stereocenters. The van der Waals surface area contributed by atoms with Gasteiger partial charge in [0.25, 0.3) is 0 Å². The molecule has 0 saturated carbocycles. The summed E-state index contributed by atoms with van der Waals surface area (Å²) in [6, 6.07) is 10.6. The lowest BCUT2D eigenvalue weighted by Crippen LogP contribution is -2.20. The van der Waals surface area contributed by atoms with Crippen LogP contribution in [0.25, 0.3) is 0 Å². The van der Waals surface area contributed by atoms with Gasteiger partial charge in [-0.2, -0.15) is 4.98 Å². The Hall–Kier alpha value is -2.14. The van der Waals surface area contributed by atoms with E-state index in [4.69, 9.17) is 5.84 Å². The Balaban J connectivity index is 2.04. The number of nitrogens with two attached hydrogens (primary N) is 1. The molecule has 0 spiro atoms. The first-order valence-electron chi connectivity index (χ1n) is 6.29. The molecule has 2 rings (SSSR count). The van der Waals surface area contributed by atoms with Crippen molar-refractivity contribution in [1.29, 1.82) is 0 Å². The number of hydrazine groups is 1. The molecule has 2 aromatic rings. The molecule has 5 nitrogen and oxygen atoms in total. The predicted molar refractivity (Wildman–Crippen MR) is 77.8 cm³/mol. The maximum absolute atomic E-state index is 5.32. The number of anilines is 2. The zero-order chi connectivity index (χ0) is 13.7. The SMILES string of the molecule is Cc1cnc(NN)nc1NC(C)Cc1ccccc1. The van der Waals surface area contributed by atoms with Crippen molar-refractivity contribution < 1.29 is 0 Å². The van der Waals surface area contributed by atoms with Crippen LogP contribution in [0, 0.1) is 6.92 Å². The Morgan fingerprint density at radius 2 is 2.00 bits per heavy atom. The van der Waals surface area contributed by atoms with E-state index in [9.17, 15) is 0 Å². The van der Waals surface area contributed by atoms with Gasteiger partial charge in [0.15, 0.2) is 0 Å². The van der Waals surface area contributed by atoms with E-state index in [1.54, 1.807) is 6.20 Å². The molecular weight excluding hydrogens is 238 g/mol. The summed E-state index contributed by atoms with van der Waals surface area (Å²) in [7, 11) is 0. The van der Waals surface area contributed by atoms with Crippen molar-refractivity contribution >= 4 is 11.8 Å². The van der Waals surface area contributed by atoms with Gasteiger partial charge < -0.3 is 5.32 Å². The van der Waals surface area contributed by atoms with Crippen molar-refractivity contribution in [3.63, 3.8) is 0 Å². The van der Waals surface area contributed by atoms with Gasteiger partial charge in [0.2, 0.25) is 5.95 Å². The highest BCUT2D eigenvalue weighted by Crippen LogP contribution is 2.14. The van der Waals surface area contributed by atoms with Gasteiger partial charge in [-0.25, -0.2) is 10.8 Å². The average molecular weight is 257 g/mol. The molecule has 0 radical (unpaired) electrons. The van der Waals surface area contributed by atoms with Crippen LogP contribution in [0.5, 0.6) is 0 Å². The second-order valence-corrected chi connectivity index (χ2v) is 4.60. The van der Waals surface area contributed by atoms with E-state index in [1.165, 1.54) is 5.56 Å². The van der Waals surface area contributed by atoms with Gasteiger partial charge in [0.1, 0.15) is 5.82 Å². The summed E-state index contributed by atoms with van der Waals surface area (Å²) < 4.78 is 0. The second-order valence-electron chi connectivity index (χ2n) is 4.60. The molecular formula is C14H19N5. The molecule has 19 heavy (non-hydrogen) atoms. The Morgan fingerprint density at radius 3 is 2.68 bits per heavy atom. The number of benzene rings is 1. The zero-order valence-electron chi connectivity index (χ0n) is 11.2. The summed E-state index contributed by atoms with van der Waals surface area (Å²) in [5, 5.41) is 3.39. The van der Waals surface area contributed by atoms with E-state index in [2.05, 4.69) is 51.9 Å². The van der Waals surface area contributed by atoms with Gasteiger partial charge >= 0.3 is 0 Å². The first-order valence-corrected chi connectivity index (χ1v) is 6.29. The van der Waals surface area contributed by atoms with E-state index < -0.39 is 0 Å². The van der Waals surface area contributed by atoms with Crippen LogP contribution < -0.4 is 16.6 Å². The fourth-order valence-electron chi connectivity index (χ4n) is 1.91. The van der Waals surface area contributed by atoms with E-state index in [0.29, 0.717) is 5.95 Å². The smallest absolute Gasteiger partial charge is 0.239 e. The lowest BCUT2D eigenvalue weighted by atomic mass is 10.1. The van der Waals surface area contributed by atoms with E-state index in [-0.39, 0.29) is 6.04 Å². The Labute approximate surface area is 113 Å². The summed E-state index contributed by atoms with van der Waals surface area (Å²) >= 11 is 0. The molecule has 0 saturated heterocycles. The van der Waals surface area contributed by atoms with Crippen LogP contribution in [0.3, 0.4) is 0 Å². The third kappa shape index (κ3) is 3.66. The zero-order valence-corrected chi connectivity index (χ0v) is 11.2. The molecule has 4 N–H and O–H groups in total. The molecule has 0 aliphatic rings. The molecule has 0 fully saturated rings. The predicted octanol–water partition coefficient (Wildman–Crippen LogP) is 2.11. The van der Waals surface area contributed by atoms with Crippen LogP contribution in [-0.2, 0) is 6.42 Å². The van der Waals surface area contributed by atoms with Crippen molar-refractivity contribution in [3.8, 4) is 0 Å². The van der Waals surface area contributed by atoms with E-state index >= 15 is 0 Å². The number of hydrogen-bond donors (Lipinski definition) is 3. The molecule has 1 aromatic carbocycles. The van der Waals surface area contributed by atoms with Crippen molar-refractivity contribution in [2.24, 2.45) is 5.84 Å². The lowest BCUT2D eigenvalue weighted by Gasteiger charge is -2.16. The first kappa shape index (κ1) is 13.3. The summed E-state index contributed by atoms with van der Waals surface area (Å²) in [5.41, 5.74) is 4.75. The Morgan fingerprint density at radius 1 is 1.26 bits per heavy atom. The van der Waals surface area contributed by atoms with Crippen LogP contribution >= 0.6 is 0 Å². The molecule has 0 aliphatic carbocycles. The number of hydrogen-bond acceptors (Lipinski definition) is 5. The summed E-state index contributed by atoms with van der Waals surface area (Å²) in [4.78, 5) is 8.38. The van der Waals surface area contributed by atoms with Gasteiger partial charge in [-0.15, -0.1) is 0 Å². The van der Waals surface area contributed by atoms with Crippen LogP contribution in [0.1, 0.15) is 18.1 Å². The van der Waals surface area contributed by atoms with Crippen LogP contribution in [-0.4, -0.2) is 16.0 Å². The molecule has 1 heterocycles. The fraction of sp³-hybridized carbons (Fsp3) is 0.286. The second kappa shape index (κ2) is 6.15. The number of nitrogens with zero attached hydrogens (tertiary/aromatic N) is 2. The third-order valence-electron chi connectivity index (χ3n) is 2.87. The van der Waals surface area contributed by atoms with Crippen LogP contribution in [0.2, 0.25) is 0 Å². The summed E-state index contributed by atoms with van der Waals surface area (Å²) in [6.07, 6.45) is 2.69. The monoisotopic (exact) mass is 257 g/mol. The normalized spacial score (nSPS) is 11.9. The van der Waals surface area contributed by atoms with Gasteiger partial charge in [0.05, 0.1) is 0 Å². The maximum atomic E-state index is 5.32. The van der Waals surface area contributed by atoms with Crippen molar-refractivity contribution in [3.05, 3.63) is 47.7 Å². The summed E-state index contributed by atoms with van der Waals surface area (Å²) in [6.45, 7) is 4.10. The minimum absolute atomic E-state index is 0.279. The van der Waals surface area contributed by atoms with Crippen LogP contribution in [0.4, 0.5) is 11.8 Å². The van der Waals surface area contributed by atoms with Crippen molar-refractivity contribution in [1.82, 2.24) is 9.97 Å². The lowest BCUT2D eigenvalue weighted by molar-refractivity contribution is 0.782. The Kier molecular flexibility index (Phi) is 4.30. The Bertz CT molecular complexity index is 527. The van der Waals surface area contributed by atoms with Gasteiger partial charge in [-0.1, -0.05) is 30.3 Å². The van der Waals surface area contributed by atoms with Gasteiger partial charge in [-0.05, 0) is 25.8 Å². The number of nitrogens with one attached hydrogen (secondary N) is 2. The van der Waals surface area contributed by atoms with E-state index in [1.807, 2.05) is 13.0 Å².